The van der Waals surface area contributed by atoms with Crippen molar-refractivity contribution in [1.82, 2.24) is 19.9 Å². The van der Waals surface area contributed by atoms with Gasteiger partial charge in [0.2, 0.25) is 0 Å². The first-order chi connectivity index (χ1) is 11.7. The Morgan fingerprint density at radius 3 is 3.00 bits per heavy atom. The first-order valence-electron chi connectivity index (χ1n) is 8.43. The van der Waals surface area contributed by atoms with Gasteiger partial charge in [0.05, 0.1) is 17.9 Å². The van der Waals surface area contributed by atoms with Crippen molar-refractivity contribution in [3.63, 3.8) is 0 Å². The Morgan fingerprint density at radius 2 is 2.17 bits per heavy atom. The lowest BCUT2D eigenvalue weighted by atomic mass is 9.98. The summed E-state index contributed by atoms with van der Waals surface area (Å²) in [6.45, 7) is 5.47. The molecule has 0 amide bonds. The molecule has 0 unspecified atom stereocenters. The molecular weight excluding hydrogens is 304 g/mol. The molecule has 0 bridgehead atoms. The van der Waals surface area contributed by atoms with Gasteiger partial charge >= 0.3 is 6.01 Å². The molecule has 1 spiro atoms. The van der Waals surface area contributed by atoms with Crippen LogP contribution in [-0.2, 0) is 11.3 Å². The third kappa shape index (κ3) is 3.39. The number of ether oxygens (including phenoxy) is 2. The maximum atomic E-state index is 6.14. The van der Waals surface area contributed by atoms with Crippen molar-refractivity contribution in [2.24, 2.45) is 0 Å². The molecule has 0 aromatic carbocycles. The Labute approximate surface area is 141 Å². The van der Waals surface area contributed by atoms with Gasteiger partial charge < -0.3 is 9.47 Å². The van der Waals surface area contributed by atoms with E-state index in [1.807, 2.05) is 13.0 Å². The van der Waals surface area contributed by atoms with Crippen LogP contribution in [0, 0.1) is 6.92 Å². The maximum Gasteiger partial charge on any atom is 0.316 e. The van der Waals surface area contributed by atoms with E-state index in [0.29, 0.717) is 12.6 Å². The van der Waals surface area contributed by atoms with Crippen LogP contribution >= 0.6 is 0 Å². The lowest BCUT2D eigenvalue weighted by Gasteiger charge is -2.23. The number of rotatable bonds is 4. The smallest absolute Gasteiger partial charge is 0.316 e. The van der Waals surface area contributed by atoms with Crippen LogP contribution in [0.1, 0.15) is 24.2 Å². The minimum absolute atomic E-state index is 0.0319. The molecule has 2 aliphatic heterocycles. The van der Waals surface area contributed by atoms with Crippen molar-refractivity contribution in [3.05, 3.63) is 48.0 Å². The van der Waals surface area contributed by atoms with Crippen molar-refractivity contribution < 1.29 is 9.47 Å². The fraction of sp³-hybridized carbons (Fsp3) is 0.500. The molecule has 0 N–H and O–H groups in total. The van der Waals surface area contributed by atoms with Crippen LogP contribution in [0.4, 0.5) is 0 Å². The molecule has 2 aliphatic rings. The molecule has 126 valence electrons. The van der Waals surface area contributed by atoms with Crippen molar-refractivity contribution in [2.75, 3.05) is 19.7 Å². The normalized spacial score (nSPS) is 27.0. The van der Waals surface area contributed by atoms with Gasteiger partial charge in [-0.05, 0) is 31.5 Å². The Hall–Kier alpha value is -2.05. The van der Waals surface area contributed by atoms with E-state index in [1.54, 1.807) is 18.5 Å². The SMILES string of the molecule is Cc1cccc(CN2CC[C@]3(C[C@H](Oc4ncccn4)CO3)C2)n1. The van der Waals surface area contributed by atoms with Gasteiger partial charge in [0.25, 0.3) is 0 Å². The van der Waals surface area contributed by atoms with Gasteiger partial charge in [-0.25, -0.2) is 9.97 Å². The monoisotopic (exact) mass is 326 g/mol. The van der Waals surface area contributed by atoms with Crippen LogP contribution in [0.15, 0.2) is 36.7 Å². The molecule has 2 fully saturated rings. The van der Waals surface area contributed by atoms with Crippen molar-refractivity contribution >= 4 is 0 Å². The van der Waals surface area contributed by atoms with E-state index in [2.05, 4.69) is 32.0 Å². The molecule has 2 aromatic rings. The Bertz CT molecular complexity index is 696. The molecule has 2 atom stereocenters. The van der Waals surface area contributed by atoms with Gasteiger partial charge in [-0.15, -0.1) is 0 Å². The van der Waals surface area contributed by atoms with Crippen LogP contribution in [0.5, 0.6) is 6.01 Å². The molecule has 0 aliphatic carbocycles. The Kier molecular flexibility index (Phi) is 4.16. The largest absolute Gasteiger partial charge is 0.458 e. The standard InChI is InChI=1S/C18H22N4O2/c1-14-4-2-5-15(21-14)11-22-9-6-18(13-22)10-16(12-23-18)24-17-19-7-3-8-20-17/h2-5,7-8,16H,6,9-13H2,1H3/t16-,18-/m0/s1. The summed E-state index contributed by atoms with van der Waals surface area (Å²) in [5.74, 6) is 0. The number of hydrogen-bond acceptors (Lipinski definition) is 6. The summed E-state index contributed by atoms with van der Waals surface area (Å²) in [4.78, 5) is 15.3. The van der Waals surface area contributed by atoms with E-state index in [9.17, 15) is 0 Å². The van der Waals surface area contributed by atoms with E-state index < -0.39 is 0 Å². The average molecular weight is 326 g/mol. The average Bonchev–Trinajstić information content (AvgIpc) is 3.15. The second-order valence-corrected chi connectivity index (χ2v) is 6.70. The second-order valence-electron chi connectivity index (χ2n) is 6.70. The first-order valence-corrected chi connectivity index (χ1v) is 8.43. The summed E-state index contributed by atoms with van der Waals surface area (Å²) in [6, 6.07) is 8.41. The van der Waals surface area contributed by atoms with Gasteiger partial charge in [0, 0.05) is 44.1 Å². The lowest BCUT2D eigenvalue weighted by Crippen LogP contribution is -2.33. The highest BCUT2D eigenvalue weighted by Crippen LogP contribution is 2.36. The summed E-state index contributed by atoms with van der Waals surface area (Å²) >= 11 is 0. The molecule has 2 saturated heterocycles. The van der Waals surface area contributed by atoms with Gasteiger partial charge in [0.1, 0.15) is 6.10 Å². The quantitative estimate of drug-likeness (QED) is 0.856. The molecule has 24 heavy (non-hydrogen) atoms. The highest BCUT2D eigenvalue weighted by molar-refractivity contribution is 5.11. The number of pyridine rings is 1. The zero-order valence-corrected chi connectivity index (χ0v) is 13.9. The number of aromatic nitrogens is 3. The maximum absolute atomic E-state index is 6.14. The topological polar surface area (TPSA) is 60.4 Å². The zero-order valence-electron chi connectivity index (χ0n) is 13.9. The number of nitrogens with zero attached hydrogens (tertiary/aromatic N) is 4. The van der Waals surface area contributed by atoms with Crippen molar-refractivity contribution in [1.29, 1.82) is 0 Å². The minimum atomic E-state index is -0.0940. The van der Waals surface area contributed by atoms with Crippen LogP contribution in [-0.4, -0.2) is 51.3 Å². The molecule has 6 nitrogen and oxygen atoms in total. The molecular formula is C18H22N4O2. The third-order valence-corrected chi connectivity index (χ3v) is 4.72. The number of likely N-dealkylation sites (tertiary alicyclic amines) is 1. The highest BCUT2D eigenvalue weighted by atomic mass is 16.6. The first kappa shape index (κ1) is 15.5. The molecule has 0 saturated carbocycles. The van der Waals surface area contributed by atoms with Crippen molar-refractivity contribution in [3.8, 4) is 6.01 Å². The molecule has 6 heteroatoms. The Morgan fingerprint density at radius 1 is 1.29 bits per heavy atom. The van der Waals surface area contributed by atoms with E-state index in [1.165, 1.54) is 0 Å². The summed E-state index contributed by atoms with van der Waals surface area (Å²) < 4.78 is 12.0. The summed E-state index contributed by atoms with van der Waals surface area (Å²) in [5.41, 5.74) is 2.09. The van der Waals surface area contributed by atoms with Crippen LogP contribution in [0.2, 0.25) is 0 Å². The van der Waals surface area contributed by atoms with Gasteiger partial charge in [0.15, 0.2) is 0 Å². The summed E-state index contributed by atoms with van der Waals surface area (Å²) in [5, 5.41) is 0. The fourth-order valence-electron chi connectivity index (χ4n) is 3.64. The zero-order chi connectivity index (χ0) is 16.4. The number of aryl methyl sites for hydroxylation is 1. The molecule has 2 aromatic heterocycles. The van der Waals surface area contributed by atoms with Crippen LogP contribution in [0.3, 0.4) is 0 Å². The lowest BCUT2D eigenvalue weighted by molar-refractivity contribution is 0.00904. The van der Waals surface area contributed by atoms with Gasteiger partial charge in [-0.1, -0.05) is 6.07 Å². The molecule has 4 heterocycles. The Balaban J connectivity index is 1.34. The third-order valence-electron chi connectivity index (χ3n) is 4.72. The van der Waals surface area contributed by atoms with Crippen LogP contribution in [0.25, 0.3) is 0 Å². The fourth-order valence-corrected chi connectivity index (χ4v) is 3.64. The minimum Gasteiger partial charge on any atom is -0.458 e. The van der Waals surface area contributed by atoms with E-state index >= 15 is 0 Å². The predicted octanol–water partition coefficient (Wildman–Crippen LogP) is 1.99. The molecule has 4 rings (SSSR count). The van der Waals surface area contributed by atoms with Crippen molar-refractivity contribution in [2.45, 2.75) is 38.0 Å². The highest BCUT2D eigenvalue weighted by Gasteiger charge is 2.46. The van der Waals surface area contributed by atoms with Gasteiger partial charge in [-0.2, -0.15) is 0 Å². The predicted molar refractivity (Wildman–Crippen MR) is 88.6 cm³/mol. The van der Waals surface area contributed by atoms with Gasteiger partial charge in [-0.3, -0.25) is 9.88 Å². The number of hydrogen-bond donors (Lipinski definition) is 0. The summed E-state index contributed by atoms with van der Waals surface area (Å²) in [6.07, 6.45) is 5.35. The van der Waals surface area contributed by atoms with Crippen LogP contribution < -0.4 is 4.74 Å². The van der Waals surface area contributed by atoms with E-state index in [0.717, 1.165) is 43.9 Å². The second kappa shape index (κ2) is 6.45. The molecule has 0 radical (unpaired) electrons. The van der Waals surface area contributed by atoms with E-state index in [4.69, 9.17) is 9.47 Å². The van der Waals surface area contributed by atoms with E-state index in [-0.39, 0.29) is 11.7 Å². The summed E-state index contributed by atoms with van der Waals surface area (Å²) in [7, 11) is 0.